The van der Waals surface area contributed by atoms with Crippen molar-refractivity contribution in [1.29, 1.82) is 0 Å². The lowest BCUT2D eigenvalue weighted by atomic mass is 10.0. The number of carbonyl (C=O) groups excluding carboxylic acids is 3. The normalized spacial score (nSPS) is 14.0. The summed E-state index contributed by atoms with van der Waals surface area (Å²) >= 11 is 1.42. The number of phenolic OH excluding ortho intramolecular Hbond substituents is 1. The van der Waals surface area contributed by atoms with Gasteiger partial charge in [0, 0.05) is 6.42 Å². The minimum Gasteiger partial charge on any atom is -0.508 e. The average Bonchev–Trinajstić information content (AvgIpc) is 2.85. The molecule has 0 radical (unpaired) electrons. The van der Waals surface area contributed by atoms with E-state index in [4.69, 9.17) is 16.6 Å². The van der Waals surface area contributed by atoms with Gasteiger partial charge in [-0.2, -0.15) is 11.8 Å². The third-order valence-corrected chi connectivity index (χ3v) is 6.19. The molecule has 0 saturated carbocycles. The zero-order valence-corrected chi connectivity index (χ0v) is 22.0. The highest BCUT2D eigenvalue weighted by Crippen LogP contribution is 2.12. The van der Waals surface area contributed by atoms with Gasteiger partial charge in [0.25, 0.3) is 0 Å². The van der Waals surface area contributed by atoms with Crippen molar-refractivity contribution in [2.75, 3.05) is 18.6 Å². The fourth-order valence-corrected chi connectivity index (χ4v) is 3.91. The van der Waals surface area contributed by atoms with Crippen molar-refractivity contribution >= 4 is 41.4 Å². The zero-order valence-electron chi connectivity index (χ0n) is 21.2. The molecule has 1 rings (SSSR count). The second-order valence-corrected chi connectivity index (χ2v) is 9.65. The number of carboxylic acid groups (broad SMARTS) is 2. The third kappa shape index (κ3) is 12.3. The molecule has 38 heavy (non-hydrogen) atoms. The molecule has 0 bridgehead atoms. The minimum absolute atomic E-state index is 0.0133. The summed E-state index contributed by atoms with van der Waals surface area (Å²) in [5.41, 5.74) is 11.7. The predicted molar refractivity (Wildman–Crippen MR) is 141 cm³/mol. The molecular formula is C24H37N5O8S. The van der Waals surface area contributed by atoms with Gasteiger partial charge >= 0.3 is 11.9 Å². The van der Waals surface area contributed by atoms with Crippen molar-refractivity contribution in [3.63, 3.8) is 0 Å². The quantitative estimate of drug-likeness (QED) is 0.104. The van der Waals surface area contributed by atoms with Crippen LogP contribution in [0.1, 0.15) is 37.7 Å². The summed E-state index contributed by atoms with van der Waals surface area (Å²) < 4.78 is 0. The number of aromatic hydroxyl groups is 1. The van der Waals surface area contributed by atoms with E-state index < -0.39 is 60.2 Å². The summed E-state index contributed by atoms with van der Waals surface area (Å²) in [7, 11) is 0. The molecule has 0 aromatic heterocycles. The fourth-order valence-electron chi connectivity index (χ4n) is 3.44. The van der Waals surface area contributed by atoms with Gasteiger partial charge in [0.2, 0.25) is 17.7 Å². The van der Waals surface area contributed by atoms with Gasteiger partial charge in [-0.05, 0) is 61.9 Å². The van der Waals surface area contributed by atoms with E-state index in [0.29, 0.717) is 30.7 Å². The van der Waals surface area contributed by atoms with Crippen LogP contribution in [0.4, 0.5) is 0 Å². The molecule has 3 amide bonds. The molecule has 10 N–H and O–H groups in total. The lowest BCUT2D eigenvalue weighted by Gasteiger charge is -2.25. The zero-order chi connectivity index (χ0) is 28.7. The molecular weight excluding hydrogens is 518 g/mol. The Morgan fingerprint density at radius 2 is 1.42 bits per heavy atom. The number of carbonyl (C=O) groups is 5. The molecule has 0 aliphatic carbocycles. The Bertz CT molecular complexity index is 946. The molecule has 0 aliphatic rings. The van der Waals surface area contributed by atoms with E-state index in [1.807, 2.05) is 0 Å². The molecule has 0 saturated heterocycles. The highest BCUT2D eigenvalue weighted by atomic mass is 32.2. The third-order valence-electron chi connectivity index (χ3n) is 5.55. The molecule has 0 heterocycles. The Labute approximate surface area is 225 Å². The van der Waals surface area contributed by atoms with Gasteiger partial charge < -0.3 is 42.7 Å². The van der Waals surface area contributed by atoms with Crippen molar-refractivity contribution in [1.82, 2.24) is 16.0 Å². The number of carboxylic acids is 2. The van der Waals surface area contributed by atoms with Gasteiger partial charge in [0.15, 0.2) is 0 Å². The highest BCUT2D eigenvalue weighted by molar-refractivity contribution is 7.98. The topological polar surface area (TPSA) is 234 Å². The van der Waals surface area contributed by atoms with Crippen molar-refractivity contribution in [2.24, 2.45) is 11.5 Å². The van der Waals surface area contributed by atoms with Gasteiger partial charge in [0.05, 0.1) is 12.5 Å². The summed E-state index contributed by atoms with van der Waals surface area (Å²) in [6.07, 6.45) is 2.51. The van der Waals surface area contributed by atoms with Gasteiger partial charge in [-0.3, -0.25) is 19.2 Å². The number of thioether (sulfide) groups is 1. The van der Waals surface area contributed by atoms with Crippen LogP contribution in [0.3, 0.4) is 0 Å². The number of rotatable bonds is 18. The SMILES string of the molecule is CSCCC(NC(=O)C(N)CC(=O)O)C(=O)NC(CCCCN)C(=O)NC(Cc1ccc(O)cc1)C(=O)O. The van der Waals surface area contributed by atoms with Crippen LogP contribution < -0.4 is 27.4 Å². The lowest BCUT2D eigenvalue weighted by molar-refractivity contribution is -0.142. The standard InChI is InChI=1S/C24H37N5O8S/c1-38-11-9-18(27-21(33)16(26)13-20(31)32)23(35)28-17(4-2-3-10-25)22(34)29-19(24(36)37)12-14-5-7-15(30)8-6-14/h5-8,16-19,30H,2-4,9-13,25-26H2,1H3,(H,27,33)(H,28,35)(H,29,34)(H,31,32)(H,36,37). The number of nitrogens with two attached hydrogens (primary N) is 2. The van der Waals surface area contributed by atoms with Crippen molar-refractivity contribution in [3.05, 3.63) is 29.8 Å². The van der Waals surface area contributed by atoms with E-state index in [-0.39, 0.29) is 25.0 Å². The molecule has 4 unspecified atom stereocenters. The molecule has 1 aromatic rings. The maximum atomic E-state index is 13.1. The van der Waals surface area contributed by atoms with E-state index in [2.05, 4.69) is 16.0 Å². The average molecular weight is 556 g/mol. The van der Waals surface area contributed by atoms with E-state index in [1.165, 1.54) is 36.0 Å². The Morgan fingerprint density at radius 1 is 0.868 bits per heavy atom. The molecule has 14 heteroatoms. The number of hydrogen-bond donors (Lipinski definition) is 8. The maximum absolute atomic E-state index is 13.1. The Morgan fingerprint density at radius 3 is 1.95 bits per heavy atom. The van der Waals surface area contributed by atoms with Crippen LogP contribution in [0.25, 0.3) is 0 Å². The fraction of sp³-hybridized carbons (Fsp3) is 0.542. The first-order valence-corrected chi connectivity index (χ1v) is 13.5. The number of unbranched alkanes of at least 4 members (excludes halogenated alkanes) is 1. The second kappa shape index (κ2) is 17.2. The Hall–Kier alpha value is -3.36. The monoisotopic (exact) mass is 555 g/mol. The van der Waals surface area contributed by atoms with Gasteiger partial charge in [-0.1, -0.05) is 12.1 Å². The molecule has 0 aliphatic heterocycles. The number of nitrogens with one attached hydrogen (secondary N) is 3. The molecule has 13 nitrogen and oxygen atoms in total. The second-order valence-electron chi connectivity index (χ2n) is 8.66. The first kappa shape index (κ1) is 32.7. The Kier molecular flexibility index (Phi) is 14.8. The molecule has 4 atom stereocenters. The van der Waals surface area contributed by atoms with Crippen molar-refractivity contribution < 1.29 is 39.3 Å². The van der Waals surface area contributed by atoms with Crippen LogP contribution in [0.15, 0.2) is 24.3 Å². The van der Waals surface area contributed by atoms with Gasteiger partial charge in [-0.15, -0.1) is 0 Å². The smallest absolute Gasteiger partial charge is 0.326 e. The highest BCUT2D eigenvalue weighted by Gasteiger charge is 2.30. The van der Waals surface area contributed by atoms with Crippen LogP contribution >= 0.6 is 11.8 Å². The van der Waals surface area contributed by atoms with E-state index in [1.54, 1.807) is 6.26 Å². The Balaban J connectivity index is 3.01. The van der Waals surface area contributed by atoms with Crippen molar-refractivity contribution in [3.8, 4) is 5.75 Å². The summed E-state index contributed by atoms with van der Waals surface area (Å²) in [6.45, 7) is 0.356. The number of aliphatic carboxylic acids is 2. The lowest BCUT2D eigenvalue weighted by Crippen LogP contribution is -2.57. The van der Waals surface area contributed by atoms with E-state index >= 15 is 0 Å². The number of benzene rings is 1. The van der Waals surface area contributed by atoms with Crippen LogP contribution in [0, 0.1) is 0 Å². The van der Waals surface area contributed by atoms with Crippen LogP contribution in [-0.2, 0) is 30.4 Å². The largest absolute Gasteiger partial charge is 0.508 e. The van der Waals surface area contributed by atoms with Gasteiger partial charge in [-0.25, -0.2) is 4.79 Å². The van der Waals surface area contributed by atoms with E-state index in [0.717, 1.165) is 0 Å². The van der Waals surface area contributed by atoms with Crippen LogP contribution in [-0.4, -0.2) is 87.7 Å². The summed E-state index contributed by atoms with van der Waals surface area (Å²) in [5, 5.41) is 35.4. The maximum Gasteiger partial charge on any atom is 0.326 e. The summed E-state index contributed by atoms with van der Waals surface area (Å²) in [4.78, 5) is 61.2. The number of phenols is 1. The van der Waals surface area contributed by atoms with Gasteiger partial charge in [0.1, 0.15) is 23.9 Å². The summed E-state index contributed by atoms with van der Waals surface area (Å²) in [5.74, 6) is -4.29. The van der Waals surface area contributed by atoms with Crippen LogP contribution in [0.2, 0.25) is 0 Å². The number of amides is 3. The molecule has 1 aromatic carbocycles. The van der Waals surface area contributed by atoms with E-state index in [9.17, 15) is 34.2 Å². The van der Waals surface area contributed by atoms with Crippen molar-refractivity contribution in [2.45, 2.75) is 62.7 Å². The molecule has 0 spiro atoms. The van der Waals surface area contributed by atoms with Crippen LogP contribution in [0.5, 0.6) is 5.75 Å². The minimum atomic E-state index is -1.36. The first-order chi connectivity index (χ1) is 18.0. The first-order valence-electron chi connectivity index (χ1n) is 12.1. The molecule has 212 valence electrons. The molecule has 0 fully saturated rings. The number of hydrogen-bond acceptors (Lipinski definition) is 9. The summed E-state index contributed by atoms with van der Waals surface area (Å²) in [6, 6.07) is 0.995. The predicted octanol–water partition coefficient (Wildman–Crippen LogP) is -0.842.